The Morgan fingerprint density at radius 2 is 1.95 bits per heavy atom. The van der Waals surface area contributed by atoms with E-state index in [0.717, 1.165) is 45.0 Å². The van der Waals surface area contributed by atoms with Crippen molar-refractivity contribution in [1.82, 2.24) is 4.90 Å². The van der Waals surface area contributed by atoms with Crippen molar-refractivity contribution in [2.45, 2.75) is 31.6 Å². The van der Waals surface area contributed by atoms with Crippen LogP contribution in [0.15, 0.2) is 24.3 Å². The molecule has 110 valence electrons. The minimum atomic E-state index is 0.240. The highest BCUT2D eigenvalue weighted by atomic mass is 16.5. The summed E-state index contributed by atoms with van der Waals surface area (Å²) in [6, 6.07) is 8.31. The van der Waals surface area contributed by atoms with Gasteiger partial charge in [0.15, 0.2) is 0 Å². The Balaban J connectivity index is 1.56. The molecule has 2 heterocycles. The van der Waals surface area contributed by atoms with Crippen LogP contribution in [-0.4, -0.2) is 50.5 Å². The number of methoxy groups -OCH3 is 1. The van der Waals surface area contributed by atoms with E-state index in [0.29, 0.717) is 6.10 Å². The van der Waals surface area contributed by atoms with Gasteiger partial charge in [-0.3, -0.25) is 4.90 Å². The highest BCUT2D eigenvalue weighted by molar-refractivity contribution is 5.27. The van der Waals surface area contributed by atoms with Gasteiger partial charge in [-0.1, -0.05) is 12.1 Å². The van der Waals surface area contributed by atoms with E-state index in [4.69, 9.17) is 14.2 Å². The highest BCUT2D eigenvalue weighted by Gasteiger charge is 2.30. The van der Waals surface area contributed by atoms with Crippen molar-refractivity contribution < 1.29 is 14.2 Å². The number of nitrogens with zero attached hydrogens (tertiary/aromatic N) is 1. The van der Waals surface area contributed by atoms with Gasteiger partial charge in [-0.05, 0) is 30.5 Å². The van der Waals surface area contributed by atoms with Gasteiger partial charge in [0.05, 0.1) is 25.9 Å². The largest absolute Gasteiger partial charge is 0.497 e. The molecule has 2 aliphatic rings. The van der Waals surface area contributed by atoms with Crippen molar-refractivity contribution in [2.24, 2.45) is 0 Å². The molecule has 0 saturated carbocycles. The zero-order valence-electron chi connectivity index (χ0n) is 12.1. The van der Waals surface area contributed by atoms with E-state index >= 15 is 0 Å². The van der Waals surface area contributed by atoms with Crippen molar-refractivity contribution in [3.05, 3.63) is 29.8 Å². The van der Waals surface area contributed by atoms with Crippen molar-refractivity contribution in [3.8, 4) is 5.75 Å². The van der Waals surface area contributed by atoms with Crippen LogP contribution >= 0.6 is 0 Å². The Bertz CT molecular complexity index is 414. The SMILES string of the molecule is COc1ccc(CN2CCO[C@@H]([C@@H]3CCCO3)C2)cc1. The molecule has 4 nitrogen and oxygen atoms in total. The maximum atomic E-state index is 5.88. The van der Waals surface area contributed by atoms with Gasteiger partial charge < -0.3 is 14.2 Å². The molecule has 2 fully saturated rings. The van der Waals surface area contributed by atoms with Crippen LogP contribution < -0.4 is 4.74 Å². The van der Waals surface area contributed by atoms with Crippen LogP contribution in [0.5, 0.6) is 5.75 Å². The highest BCUT2D eigenvalue weighted by Crippen LogP contribution is 2.22. The summed E-state index contributed by atoms with van der Waals surface area (Å²) in [6.07, 6.45) is 2.85. The molecule has 20 heavy (non-hydrogen) atoms. The third kappa shape index (κ3) is 3.32. The molecule has 2 saturated heterocycles. The second kappa shape index (κ2) is 6.57. The number of hydrogen-bond acceptors (Lipinski definition) is 4. The molecule has 0 aliphatic carbocycles. The summed E-state index contributed by atoms with van der Waals surface area (Å²) < 4.78 is 16.8. The van der Waals surface area contributed by atoms with Gasteiger partial charge in [-0.15, -0.1) is 0 Å². The van der Waals surface area contributed by atoms with Gasteiger partial charge in [0.25, 0.3) is 0 Å². The fourth-order valence-electron chi connectivity index (χ4n) is 2.99. The maximum Gasteiger partial charge on any atom is 0.118 e. The molecule has 2 atom stereocenters. The molecule has 4 heteroatoms. The summed E-state index contributed by atoms with van der Waals surface area (Å²) in [4.78, 5) is 2.46. The second-order valence-corrected chi connectivity index (χ2v) is 5.54. The molecule has 3 rings (SSSR count). The minimum Gasteiger partial charge on any atom is -0.497 e. The molecule has 0 radical (unpaired) electrons. The van der Waals surface area contributed by atoms with Crippen molar-refractivity contribution in [3.63, 3.8) is 0 Å². The molecular formula is C16H23NO3. The summed E-state index contributed by atoms with van der Waals surface area (Å²) in [7, 11) is 1.70. The minimum absolute atomic E-state index is 0.240. The Kier molecular flexibility index (Phi) is 4.55. The Labute approximate surface area is 120 Å². The third-order valence-electron chi connectivity index (χ3n) is 4.12. The van der Waals surface area contributed by atoms with E-state index < -0.39 is 0 Å². The number of ether oxygens (including phenoxy) is 3. The predicted octanol–water partition coefficient (Wildman–Crippen LogP) is 2.08. The molecule has 0 amide bonds. The quantitative estimate of drug-likeness (QED) is 0.843. The van der Waals surface area contributed by atoms with E-state index in [1.807, 2.05) is 12.1 Å². The number of benzene rings is 1. The summed E-state index contributed by atoms with van der Waals surface area (Å²) in [5.74, 6) is 0.910. The van der Waals surface area contributed by atoms with Crippen LogP contribution in [-0.2, 0) is 16.0 Å². The number of hydrogen-bond donors (Lipinski definition) is 0. The number of rotatable bonds is 4. The third-order valence-corrected chi connectivity index (χ3v) is 4.12. The van der Waals surface area contributed by atoms with Crippen LogP contribution in [0.4, 0.5) is 0 Å². The fraction of sp³-hybridized carbons (Fsp3) is 0.625. The lowest BCUT2D eigenvalue weighted by molar-refractivity contribution is -0.0959. The van der Waals surface area contributed by atoms with Crippen LogP contribution in [0.1, 0.15) is 18.4 Å². The van der Waals surface area contributed by atoms with Gasteiger partial charge in [0.2, 0.25) is 0 Å². The summed E-state index contributed by atoms with van der Waals surface area (Å²) in [5, 5.41) is 0. The first-order chi connectivity index (χ1) is 9.85. The summed E-state index contributed by atoms with van der Waals surface area (Å²) >= 11 is 0. The van der Waals surface area contributed by atoms with Gasteiger partial charge in [0, 0.05) is 26.2 Å². The van der Waals surface area contributed by atoms with E-state index in [2.05, 4.69) is 17.0 Å². The lowest BCUT2D eigenvalue weighted by Gasteiger charge is -2.35. The molecule has 0 aromatic heterocycles. The Morgan fingerprint density at radius 3 is 2.65 bits per heavy atom. The van der Waals surface area contributed by atoms with Gasteiger partial charge >= 0.3 is 0 Å². The van der Waals surface area contributed by atoms with Gasteiger partial charge in [0.1, 0.15) is 5.75 Å². The van der Waals surface area contributed by atoms with Crippen molar-refractivity contribution in [2.75, 3.05) is 33.4 Å². The Hall–Kier alpha value is -1.10. The number of morpholine rings is 1. The smallest absolute Gasteiger partial charge is 0.118 e. The topological polar surface area (TPSA) is 30.9 Å². The van der Waals surface area contributed by atoms with Crippen molar-refractivity contribution in [1.29, 1.82) is 0 Å². The van der Waals surface area contributed by atoms with E-state index in [1.54, 1.807) is 7.11 Å². The zero-order valence-corrected chi connectivity index (χ0v) is 12.1. The molecule has 0 N–H and O–H groups in total. The zero-order chi connectivity index (χ0) is 13.8. The predicted molar refractivity (Wildman–Crippen MR) is 77.0 cm³/mol. The fourth-order valence-corrected chi connectivity index (χ4v) is 2.99. The lowest BCUT2D eigenvalue weighted by Crippen LogP contribution is -2.47. The Morgan fingerprint density at radius 1 is 1.15 bits per heavy atom. The first-order valence-electron chi connectivity index (χ1n) is 7.43. The summed E-state index contributed by atoms with van der Waals surface area (Å²) in [5.41, 5.74) is 1.32. The normalized spacial score (nSPS) is 27.6. The lowest BCUT2D eigenvalue weighted by atomic mass is 10.1. The van der Waals surface area contributed by atoms with E-state index in [1.165, 1.54) is 12.0 Å². The van der Waals surface area contributed by atoms with Crippen LogP contribution in [0.2, 0.25) is 0 Å². The molecule has 0 spiro atoms. The molecule has 2 aliphatic heterocycles. The average Bonchev–Trinajstić information content (AvgIpc) is 3.03. The first-order valence-corrected chi connectivity index (χ1v) is 7.43. The molecular weight excluding hydrogens is 254 g/mol. The first kappa shape index (κ1) is 13.9. The monoisotopic (exact) mass is 277 g/mol. The van der Waals surface area contributed by atoms with Gasteiger partial charge in [-0.2, -0.15) is 0 Å². The van der Waals surface area contributed by atoms with Crippen LogP contribution in [0.25, 0.3) is 0 Å². The van der Waals surface area contributed by atoms with Crippen LogP contribution in [0, 0.1) is 0 Å². The van der Waals surface area contributed by atoms with Crippen LogP contribution in [0.3, 0.4) is 0 Å². The standard InChI is InChI=1S/C16H23NO3/c1-18-14-6-4-13(5-7-14)11-17-8-10-20-16(12-17)15-3-2-9-19-15/h4-7,15-16H,2-3,8-12H2,1H3/t15-,16+/m0/s1. The molecule has 0 bridgehead atoms. The maximum absolute atomic E-state index is 5.88. The molecule has 1 aromatic rings. The summed E-state index contributed by atoms with van der Waals surface area (Å²) in [6.45, 7) is 4.63. The van der Waals surface area contributed by atoms with Crippen molar-refractivity contribution >= 4 is 0 Å². The van der Waals surface area contributed by atoms with E-state index in [9.17, 15) is 0 Å². The van der Waals surface area contributed by atoms with E-state index in [-0.39, 0.29) is 6.10 Å². The average molecular weight is 277 g/mol. The second-order valence-electron chi connectivity index (χ2n) is 5.54. The van der Waals surface area contributed by atoms with Gasteiger partial charge in [-0.25, -0.2) is 0 Å². The molecule has 0 unspecified atom stereocenters. The molecule has 1 aromatic carbocycles.